The second-order valence-electron chi connectivity index (χ2n) is 2.84. The van der Waals surface area contributed by atoms with Crippen molar-refractivity contribution in [2.24, 2.45) is 5.73 Å². The van der Waals surface area contributed by atoms with Crippen molar-refractivity contribution in [2.75, 3.05) is 13.7 Å². The highest BCUT2D eigenvalue weighted by molar-refractivity contribution is 5.58. The largest absolute Gasteiger partial charge is 0.459 e. The summed E-state index contributed by atoms with van der Waals surface area (Å²) in [5.41, 5.74) is 6.34. The number of furan rings is 1. The minimum Gasteiger partial charge on any atom is -0.459 e. The first-order valence-corrected chi connectivity index (χ1v) is 4.23. The number of hydrogen-bond donors (Lipinski definition) is 1. The highest BCUT2D eigenvalue weighted by Gasteiger charge is 2.04. The van der Waals surface area contributed by atoms with Crippen LogP contribution in [0.2, 0.25) is 0 Å². The second kappa shape index (κ2) is 4.84. The van der Waals surface area contributed by atoms with Gasteiger partial charge in [-0.3, -0.25) is 0 Å². The third-order valence-corrected chi connectivity index (χ3v) is 1.74. The smallest absolute Gasteiger partial charge is 0.130 e. The fourth-order valence-corrected chi connectivity index (χ4v) is 1.09. The van der Waals surface area contributed by atoms with E-state index in [2.05, 4.69) is 6.58 Å². The number of methoxy groups -OCH3 is 1. The maximum Gasteiger partial charge on any atom is 0.130 e. The molecule has 1 rings (SSSR count). The highest BCUT2D eigenvalue weighted by atomic mass is 16.5. The van der Waals surface area contributed by atoms with E-state index in [9.17, 15) is 0 Å². The van der Waals surface area contributed by atoms with Crippen LogP contribution in [-0.2, 0) is 11.3 Å². The molecule has 3 heteroatoms. The molecule has 0 fully saturated rings. The molecule has 0 aromatic carbocycles. The molecular formula is C10H15NO2. The molecule has 0 spiro atoms. The van der Waals surface area contributed by atoms with Gasteiger partial charge in [-0.05, 0) is 30.7 Å². The van der Waals surface area contributed by atoms with Gasteiger partial charge in [0.1, 0.15) is 18.1 Å². The van der Waals surface area contributed by atoms with Crippen molar-refractivity contribution in [1.82, 2.24) is 0 Å². The zero-order valence-corrected chi connectivity index (χ0v) is 7.88. The van der Waals surface area contributed by atoms with Crippen molar-refractivity contribution in [3.05, 3.63) is 30.2 Å². The lowest BCUT2D eigenvalue weighted by molar-refractivity contribution is 0.164. The fourth-order valence-electron chi connectivity index (χ4n) is 1.09. The van der Waals surface area contributed by atoms with E-state index in [0.29, 0.717) is 13.2 Å². The predicted octanol–water partition coefficient (Wildman–Crippen LogP) is 1.79. The first kappa shape index (κ1) is 10.0. The van der Waals surface area contributed by atoms with Gasteiger partial charge in [0.2, 0.25) is 0 Å². The second-order valence-corrected chi connectivity index (χ2v) is 2.84. The van der Waals surface area contributed by atoms with E-state index in [1.54, 1.807) is 7.11 Å². The first-order valence-electron chi connectivity index (χ1n) is 4.23. The third-order valence-electron chi connectivity index (χ3n) is 1.74. The normalized spacial score (nSPS) is 10.3. The van der Waals surface area contributed by atoms with Crippen LogP contribution in [0, 0.1) is 0 Å². The average Bonchev–Trinajstić information content (AvgIpc) is 2.54. The summed E-state index contributed by atoms with van der Waals surface area (Å²) >= 11 is 0. The van der Waals surface area contributed by atoms with Crippen LogP contribution in [0.5, 0.6) is 0 Å². The Hall–Kier alpha value is -1.06. The van der Waals surface area contributed by atoms with Crippen LogP contribution >= 0.6 is 0 Å². The summed E-state index contributed by atoms with van der Waals surface area (Å²) in [7, 11) is 1.64. The molecular weight excluding hydrogens is 166 g/mol. The highest BCUT2D eigenvalue weighted by Crippen LogP contribution is 2.18. The summed E-state index contributed by atoms with van der Waals surface area (Å²) in [6.45, 7) is 4.97. The van der Waals surface area contributed by atoms with Gasteiger partial charge >= 0.3 is 0 Å². The molecule has 3 nitrogen and oxygen atoms in total. The van der Waals surface area contributed by atoms with Gasteiger partial charge in [-0.25, -0.2) is 0 Å². The van der Waals surface area contributed by atoms with Crippen molar-refractivity contribution in [1.29, 1.82) is 0 Å². The van der Waals surface area contributed by atoms with Crippen LogP contribution in [0.25, 0.3) is 5.57 Å². The molecule has 0 unspecified atom stereocenters. The van der Waals surface area contributed by atoms with Gasteiger partial charge in [-0.2, -0.15) is 0 Å². The lowest BCUT2D eigenvalue weighted by Crippen LogP contribution is -1.98. The van der Waals surface area contributed by atoms with Crippen LogP contribution in [0.1, 0.15) is 17.9 Å². The maximum atomic E-state index is 5.46. The summed E-state index contributed by atoms with van der Waals surface area (Å²) in [5.74, 6) is 1.62. The Morgan fingerprint density at radius 2 is 2.38 bits per heavy atom. The summed E-state index contributed by atoms with van der Waals surface area (Å²) in [6.07, 6.45) is 0.764. The molecule has 0 aliphatic carbocycles. The summed E-state index contributed by atoms with van der Waals surface area (Å²) in [5, 5.41) is 0. The van der Waals surface area contributed by atoms with Crippen LogP contribution in [0.15, 0.2) is 23.1 Å². The fraction of sp³-hybridized carbons (Fsp3) is 0.400. The SMILES string of the molecule is C=C(CCN)c1ccc(COC)o1. The Balaban J connectivity index is 2.62. The van der Waals surface area contributed by atoms with Crippen LogP contribution in [0.4, 0.5) is 0 Å². The molecule has 0 saturated carbocycles. The van der Waals surface area contributed by atoms with Crippen molar-refractivity contribution in [2.45, 2.75) is 13.0 Å². The number of rotatable bonds is 5. The van der Waals surface area contributed by atoms with Crippen LogP contribution in [-0.4, -0.2) is 13.7 Å². The van der Waals surface area contributed by atoms with Crippen molar-refractivity contribution in [3.63, 3.8) is 0 Å². The Morgan fingerprint density at radius 1 is 1.62 bits per heavy atom. The standard InChI is InChI=1S/C10H15NO2/c1-8(5-6-11)10-4-3-9(13-10)7-12-2/h3-4H,1,5-7,11H2,2H3. The van der Waals surface area contributed by atoms with Crippen molar-refractivity contribution < 1.29 is 9.15 Å². The average molecular weight is 181 g/mol. The third kappa shape index (κ3) is 2.72. The Morgan fingerprint density at radius 3 is 3.00 bits per heavy atom. The lowest BCUT2D eigenvalue weighted by Gasteiger charge is -1.98. The lowest BCUT2D eigenvalue weighted by atomic mass is 10.2. The van der Waals surface area contributed by atoms with Crippen molar-refractivity contribution >= 4 is 5.57 Å². The summed E-state index contributed by atoms with van der Waals surface area (Å²) in [4.78, 5) is 0. The minimum atomic E-state index is 0.496. The van der Waals surface area contributed by atoms with Gasteiger partial charge < -0.3 is 14.9 Å². The van der Waals surface area contributed by atoms with E-state index >= 15 is 0 Å². The first-order chi connectivity index (χ1) is 6.27. The monoisotopic (exact) mass is 181 g/mol. The minimum absolute atomic E-state index is 0.496. The van der Waals surface area contributed by atoms with Gasteiger partial charge in [0.05, 0.1) is 0 Å². The number of ether oxygens (including phenoxy) is 1. The molecule has 0 saturated heterocycles. The van der Waals surface area contributed by atoms with E-state index in [-0.39, 0.29) is 0 Å². The van der Waals surface area contributed by atoms with Gasteiger partial charge in [0.25, 0.3) is 0 Å². The molecule has 72 valence electrons. The molecule has 0 bridgehead atoms. The summed E-state index contributed by atoms with van der Waals surface area (Å²) in [6, 6.07) is 3.78. The van der Waals surface area contributed by atoms with E-state index in [4.69, 9.17) is 14.9 Å². The van der Waals surface area contributed by atoms with Gasteiger partial charge in [-0.15, -0.1) is 0 Å². The molecule has 0 atom stereocenters. The molecule has 13 heavy (non-hydrogen) atoms. The van der Waals surface area contributed by atoms with E-state index in [1.165, 1.54) is 0 Å². The van der Waals surface area contributed by atoms with Crippen molar-refractivity contribution in [3.8, 4) is 0 Å². The quantitative estimate of drug-likeness (QED) is 0.753. The number of nitrogens with two attached hydrogens (primary N) is 1. The molecule has 0 amide bonds. The molecule has 1 aromatic heterocycles. The molecule has 0 aliphatic heterocycles. The van der Waals surface area contributed by atoms with Crippen LogP contribution < -0.4 is 5.73 Å². The number of hydrogen-bond acceptors (Lipinski definition) is 3. The molecule has 2 N–H and O–H groups in total. The maximum absolute atomic E-state index is 5.46. The topological polar surface area (TPSA) is 48.4 Å². The zero-order chi connectivity index (χ0) is 9.68. The molecule has 0 aliphatic rings. The van der Waals surface area contributed by atoms with E-state index in [0.717, 1.165) is 23.5 Å². The van der Waals surface area contributed by atoms with Gasteiger partial charge in [-0.1, -0.05) is 6.58 Å². The van der Waals surface area contributed by atoms with Gasteiger partial charge in [0, 0.05) is 7.11 Å². The van der Waals surface area contributed by atoms with Gasteiger partial charge in [0.15, 0.2) is 0 Å². The van der Waals surface area contributed by atoms with E-state index < -0.39 is 0 Å². The molecule has 0 radical (unpaired) electrons. The Kier molecular flexibility index (Phi) is 3.73. The Labute approximate surface area is 78.2 Å². The van der Waals surface area contributed by atoms with E-state index in [1.807, 2.05) is 12.1 Å². The Bertz CT molecular complexity index is 278. The van der Waals surface area contributed by atoms with Crippen LogP contribution in [0.3, 0.4) is 0 Å². The molecule has 1 heterocycles. The molecule has 1 aromatic rings. The predicted molar refractivity (Wildman–Crippen MR) is 52.1 cm³/mol. The zero-order valence-electron chi connectivity index (χ0n) is 7.88. The summed E-state index contributed by atoms with van der Waals surface area (Å²) < 4.78 is 10.4.